The number of aryl methyl sites for hydroxylation is 1. The van der Waals surface area contributed by atoms with Crippen LogP contribution in [0.25, 0.3) is 0 Å². The summed E-state index contributed by atoms with van der Waals surface area (Å²) in [5, 5.41) is 3.17. The van der Waals surface area contributed by atoms with Crippen LogP contribution in [0.1, 0.15) is 25.8 Å². The number of hydrogen-bond acceptors (Lipinski definition) is 2. The van der Waals surface area contributed by atoms with E-state index in [-0.39, 0.29) is 28.8 Å². The van der Waals surface area contributed by atoms with Gasteiger partial charge in [-0.15, -0.1) is 0 Å². The second kappa shape index (κ2) is 5.08. The van der Waals surface area contributed by atoms with Crippen LogP contribution in [0.15, 0.2) is 12.1 Å². The molecule has 18 heavy (non-hydrogen) atoms. The van der Waals surface area contributed by atoms with Gasteiger partial charge in [0.15, 0.2) is 0 Å². The molecule has 1 aromatic rings. The molecule has 1 nitrogen and oxygen atoms in total. The Bertz CT molecular complexity index is 446. The van der Waals surface area contributed by atoms with E-state index in [2.05, 4.69) is 19.2 Å². The summed E-state index contributed by atoms with van der Waals surface area (Å²) in [6.07, 6.45) is 1.09. The Labute approximate surface area is 111 Å². The maximum Gasteiger partial charge on any atom is 0.146 e. The molecule has 1 saturated heterocycles. The monoisotopic (exact) mass is 271 g/mol. The molecule has 0 aliphatic carbocycles. The number of halogens is 2. The van der Waals surface area contributed by atoms with Gasteiger partial charge >= 0.3 is 0 Å². The lowest BCUT2D eigenvalue weighted by Gasteiger charge is -2.39. The first-order valence-corrected chi connectivity index (χ1v) is 7.35. The smallest absolute Gasteiger partial charge is 0.146 e. The molecular weight excluding hydrogens is 252 g/mol. The van der Waals surface area contributed by atoms with Crippen molar-refractivity contribution in [3.8, 4) is 0 Å². The van der Waals surface area contributed by atoms with Crippen LogP contribution in [-0.4, -0.2) is 17.5 Å². The third-order valence-corrected chi connectivity index (χ3v) is 4.76. The van der Waals surface area contributed by atoms with Gasteiger partial charge < -0.3 is 5.32 Å². The molecule has 1 aliphatic rings. The van der Waals surface area contributed by atoms with E-state index in [9.17, 15) is 8.78 Å². The molecule has 0 bridgehead atoms. The lowest BCUT2D eigenvalue weighted by Crippen LogP contribution is -2.41. The Morgan fingerprint density at radius 3 is 2.67 bits per heavy atom. The fourth-order valence-electron chi connectivity index (χ4n) is 2.12. The Morgan fingerprint density at radius 1 is 1.28 bits per heavy atom. The number of hydrogen-bond donors (Lipinski definition) is 1. The highest BCUT2D eigenvalue weighted by Crippen LogP contribution is 2.36. The predicted molar refractivity (Wildman–Crippen MR) is 74.2 cm³/mol. The number of anilines is 1. The van der Waals surface area contributed by atoms with Crippen molar-refractivity contribution >= 4 is 17.4 Å². The molecule has 4 heteroatoms. The average Bonchev–Trinajstić information content (AvgIpc) is 2.28. The first-order valence-electron chi connectivity index (χ1n) is 6.20. The Hall–Kier alpha value is -0.770. The van der Waals surface area contributed by atoms with Crippen molar-refractivity contribution in [1.29, 1.82) is 0 Å². The fraction of sp³-hybridized carbons (Fsp3) is 0.571. The van der Waals surface area contributed by atoms with E-state index in [0.29, 0.717) is 5.56 Å². The molecule has 1 fully saturated rings. The Morgan fingerprint density at radius 2 is 2.00 bits per heavy atom. The normalized spacial score (nSPS) is 22.8. The van der Waals surface area contributed by atoms with Gasteiger partial charge in [0.2, 0.25) is 0 Å². The minimum absolute atomic E-state index is 0.110. The lowest BCUT2D eigenvalue weighted by atomic mass is 9.82. The van der Waals surface area contributed by atoms with Gasteiger partial charge in [-0.25, -0.2) is 8.78 Å². The van der Waals surface area contributed by atoms with Gasteiger partial charge in [0, 0.05) is 17.9 Å². The number of rotatable bonds is 2. The van der Waals surface area contributed by atoms with Crippen LogP contribution < -0.4 is 5.32 Å². The van der Waals surface area contributed by atoms with Gasteiger partial charge in [0.25, 0.3) is 0 Å². The fourth-order valence-corrected chi connectivity index (χ4v) is 3.73. The van der Waals surface area contributed by atoms with Gasteiger partial charge in [-0.3, -0.25) is 0 Å². The molecule has 1 atom stereocenters. The van der Waals surface area contributed by atoms with Crippen molar-refractivity contribution in [2.75, 3.05) is 16.8 Å². The van der Waals surface area contributed by atoms with Crippen LogP contribution in [0.3, 0.4) is 0 Å². The van der Waals surface area contributed by atoms with Crippen molar-refractivity contribution in [2.24, 2.45) is 5.41 Å². The summed E-state index contributed by atoms with van der Waals surface area (Å²) in [7, 11) is 0. The van der Waals surface area contributed by atoms with Gasteiger partial charge in [0.05, 0.1) is 5.69 Å². The van der Waals surface area contributed by atoms with Crippen molar-refractivity contribution in [3.05, 3.63) is 29.3 Å². The second-order valence-corrected chi connectivity index (χ2v) is 6.74. The third-order valence-electron chi connectivity index (χ3n) is 3.70. The highest BCUT2D eigenvalue weighted by molar-refractivity contribution is 7.99. The summed E-state index contributed by atoms with van der Waals surface area (Å²) in [5.74, 6) is 1.33. The van der Waals surface area contributed by atoms with Crippen LogP contribution in [-0.2, 0) is 0 Å². The van der Waals surface area contributed by atoms with Crippen LogP contribution >= 0.6 is 11.8 Å². The molecule has 1 aliphatic heterocycles. The molecule has 0 aromatic heterocycles. The van der Waals surface area contributed by atoms with Crippen molar-refractivity contribution in [2.45, 2.75) is 33.2 Å². The molecule has 100 valence electrons. The van der Waals surface area contributed by atoms with Crippen LogP contribution in [0.2, 0.25) is 0 Å². The van der Waals surface area contributed by atoms with Gasteiger partial charge in [0.1, 0.15) is 11.6 Å². The van der Waals surface area contributed by atoms with E-state index in [0.717, 1.165) is 17.9 Å². The summed E-state index contributed by atoms with van der Waals surface area (Å²) < 4.78 is 27.3. The van der Waals surface area contributed by atoms with Crippen molar-refractivity contribution < 1.29 is 8.78 Å². The van der Waals surface area contributed by atoms with Crippen LogP contribution in [0.5, 0.6) is 0 Å². The largest absolute Gasteiger partial charge is 0.378 e. The van der Waals surface area contributed by atoms with Gasteiger partial charge in [-0.2, -0.15) is 11.8 Å². The average molecular weight is 271 g/mol. The molecule has 0 amide bonds. The van der Waals surface area contributed by atoms with E-state index in [4.69, 9.17) is 0 Å². The zero-order valence-corrected chi connectivity index (χ0v) is 11.8. The molecule has 1 N–H and O–H groups in total. The minimum atomic E-state index is -0.375. The first-order chi connectivity index (χ1) is 8.40. The van der Waals surface area contributed by atoms with E-state index in [1.54, 1.807) is 6.92 Å². The highest BCUT2D eigenvalue weighted by atomic mass is 32.2. The number of thioether (sulfide) groups is 1. The molecule has 0 radical (unpaired) electrons. The summed E-state index contributed by atoms with van der Waals surface area (Å²) in [4.78, 5) is 0. The molecule has 1 aromatic carbocycles. The molecular formula is C14H19F2NS. The zero-order chi connectivity index (χ0) is 13.3. The predicted octanol–water partition coefficient (Wildman–Crippen LogP) is 4.22. The molecule has 0 spiro atoms. The minimum Gasteiger partial charge on any atom is -0.378 e. The second-order valence-electron chi connectivity index (χ2n) is 5.59. The highest BCUT2D eigenvalue weighted by Gasteiger charge is 2.33. The zero-order valence-electron chi connectivity index (χ0n) is 11.0. The van der Waals surface area contributed by atoms with Crippen molar-refractivity contribution in [1.82, 2.24) is 0 Å². The molecule has 2 rings (SSSR count). The van der Waals surface area contributed by atoms with E-state index >= 15 is 0 Å². The number of nitrogens with one attached hydrogen (secondary N) is 1. The number of benzene rings is 1. The summed E-state index contributed by atoms with van der Waals surface area (Å²) >= 11 is 1.86. The van der Waals surface area contributed by atoms with E-state index in [1.807, 2.05) is 11.8 Å². The quantitative estimate of drug-likeness (QED) is 0.864. The van der Waals surface area contributed by atoms with Crippen LogP contribution in [0, 0.1) is 24.0 Å². The summed E-state index contributed by atoms with van der Waals surface area (Å²) in [6, 6.07) is 2.69. The summed E-state index contributed by atoms with van der Waals surface area (Å²) in [6.45, 7) is 5.92. The van der Waals surface area contributed by atoms with Crippen LogP contribution in [0.4, 0.5) is 14.5 Å². The topological polar surface area (TPSA) is 12.0 Å². The molecule has 1 unspecified atom stereocenters. The Kier molecular flexibility index (Phi) is 3.85. The van der Waals surface area contributed by atoms with E-state index < -0.39 is 0 Å². The molecule has 0 saturated carbocycles. The van der Waals surface area contributed by atoms with Gasteiger partial charge in [-0.1, -0.05) is 13.8 Å². The maximum atomic E-state index is 13.8. The van der Waals surface area contributed by atoms with Crippen molar-refractivity contribution in [3.63, 3.8) is 0 Å². The first kappa shape index (κ1) is 13.7. The third kappa shape index (κ3) is 2.79. The molecule has 1 heterocycles. The maximum absolute atomic E-state index is 13.8. The standard InChI is InChI=1S/C14H19F2NS/c1-9-6-11(16)12(7-10(9)15)17-13-8-18-5-4-14(13,2)3/h6-7,13,17H,4-5,8H2,1-3H3. The summed E-state index contributed by atoms with van der Waals surface area (Å²) in [5.41, 5.74) is 0.730. The Balaban J connectivity index is 2.20. The SMILES string of the molecule is Cc1cc(F)c(NC2CSCCC2(C)C)cc1F. The lowest BCUT2D eigenvalue weighted by molar-refractivity contribution is 0.304. The van der Waals surface area contributed by atoms with Gasteiger partial charge in [-0.05, 0) is 36.1 Å². The van der Waals surface area contributed by atoms with E-state index in [1.165, 1.54) is 12.1 Å².